The fourth-order valence-electron chi connectivity index (χ4n) is 2.83. The van der Waals surface area contributed by atoms with Crippen molar-refractivity contribution in [1.29, 1.82) is 5.26 Å². The summed E-state index contributed by atoms with van der Waals surface area (Å²) >= 11 is 0. The smallest absolute Gasteiger partial charge is 0.233 e. The fourth-order valence-corrected chi connectivity index (χ4v) is 2.83. The van der Waals surface area contributed by atoms with Gasteiger partial charge in [0.1, 0.15) is 6.07 Å². The van der Waals surface area contributed by atoms with E-state index in [0.717, 1.165) is 29.6 Å². The lowest BCUT2D eigenvalue weighted by molar-refractivity contribution is 0.407. The summed E-state index contributed by atoms with van der Waals surface area (Å²) in [5.41, 5.74) is 4.45. The van der Waals surface area contributed by atoms with Crippen LogP contribution in [-0.2, 0) is 19.9 Å². The SMILES string of the molecule is Cn1cc(CC(C)(C)C)c2nc(C#N)nc(CC(C)(C)C)c21. The number of aromatic nitrogens is 3. The van der Waals surface area contributed by atoms with Crippen LogP contribution in [0.2, 0.25) is 0 Å². The molecule has 4 nitrogen and oxygen atoms in total. The molecule has 118 valence electrons. The molecule has 0 atom stereocenters. The van der Waals surface area contributed by atoms with Crippen molar-refractivity contribution in [3.8, 4) is 6.07 Å². The van der Waals surface area contributed by atoms with Gasteiger partial charge in [0.2, 0.25) is 5.82 Å². The van der Waals surface area contributed by atoms with E-state index in [9.17, 15) is 5.26 Å². The third-order valence-corrected chi connectivity index (χ3v) is 3.48. The van der Waals surface area contributed by atoms with E-state index in [1.807, 2.05) is 7.05 Å². The molecule has 0 amide bonds. The summed E-state index contributed by atoms with van der Waals surface area (Å²) in [6.45, 7) is 13.2. The van der Waals surface area contributed by atoms with Crippen LogP contribution in [0.25, 0.3) is 11.0 Å². The fraction of sp³-hybridized carbons (Fsp3) is 0.611. The van der Waals surface area contributed by atoms with Gasteiger partial charge in [-0.25, -0.2) is 9.97 Å². The summed E-state index contributed by atoms with van der Waals surface area (Å²) in [5, 5.41) is 9.27. The minimum atomic E-state index is 0.114. The second-order valence-electron chi connectivity index (χ2n) is 8.54. The van der Waals surface area contributed by atoms with Crippen LogP contribution < -0.4 is 0 Å². The predicted octanol–water partition coefficient (Wildman–Crippen LogP) is 4.02. The van der Waals surface area contributed by atoms with Gasteiger partial charge in [-0.3, -0.25) is 0 Å². The van der Waals surface area contributed by atoms with E-state index in [1.54, 1.807) is 0 Å². The first-order chi connectivity index (χ1) is 10.00. The lowest BCUT2D eigenvalue weighted by Gasteiger charge is -2.19. The van der Waals surface area contributed by atoms with Crippen molar-refractivity contribution >= 4 is 11.0 Å². The molecule has 2 rings (SSSR count). The summed E-state index contributed by atoms with van der Waals surface area (Å²) in [6, 6.07) is 2.11. The first kappa shape index (κ1) is 16.5. The summed E-state index contributed by atoms with van der Waals surface area (Å²) in [6.07, 6.45) is 3.90. The van der Waals surface area contributed by atoms with Crippen LogP contribution >= 0.6 is 0 Å². The zero-order valence-electron chi connectivity index (χ0n) is 14.8. The van der Waals surface area contributed by atoms with Crippen molar-refractivity contribution < 1.29 is 0 Å². The maximum atomic E-state index is 9.27. The highest BCUT2D eigenvalue weighted by Gasteiger charge is 2.22. The van der Waals surface area contributed by atoms with Crippen LogP contribution in [0.4, 0.5) is 0 Å². The molecule has 0 spiro atoms. The van der Waals surface area contributed by atoms with Gasteiger partial charge >= 0.3 is 0 Å². The van der Waals surface area contributed by atoms with Gasteiger partial charge in [0.05, 0.1) is 16.7 Å². The van der Waals surface area contributed by atoms with Crippen molar-refractivity contribution in [2.45, 2.75) is 54.4 Å². The van der Waals surface area contributed by atoms with E-state index >= 15 is 0 Å². The lowest BCUT2D eigenvalue weighted by Crippen LogP contribution is -2.13. The highest BCUT2D eigenvalue weighted by atomic mass is 15.0. The van der Waals surface area contributed by atoms with Gasteiger partial charge in [0.25, 0.3) is 0 Å². The second kappa shape index (κ2) is 5.39. The normalized spacial score (nSPS) is 12.6. The Labute approximate surface area is 133 Å². The van der Waals surface area contributed by atoms with Crippen molar-refractivity contribution in [2.24, 2.45) is 17.9 Å². The summed E-state index contributed by atoms with van der Waals surface area (Å²) < 4.78 is 2.11. The molecule has 0 unspecified atom stereocenters. The third-order valence-electron chi connectivity index (χ3n) is 3.48. The average molecular weight is 298 g/mol. The maximum absolute atomic E-state index is 9.27. The molecule has 22 heavy (non-hydrogen) atoms. The molecule has 0 aliphatic heterocycles. The Morgan fingerprint density at radius 3 is 2.14 bits per heavy atom. The molecule has 0 aromatic carbocycles. The predicted molar refractivity (Wildman–Crippen MR) is 89.5 cm³/mol. The first-order valence-electron chi connectivity index (χ1n) is 7.75. The van der Waals surface area contributed by atoms with Crippen molar-refractivity contribution in [1.82, 2.24) is 14.5 Å². The van der Waals surface area contributed by atoms with Crippen molar-refractivity contribution in [2.75, 3.05) is 0 Å². The molecule has 2 aromatic heterocycles. The van der Waals surface area contributed by atoms with E-state index in [0.29, 0.717) is 0 Å². The summed E-state index contributed by atoms with van der Waals surface area (Å²) in [5.74, 6) is 0.271. The summed E-state index contributed by atoms with van der Waals surface area (Å²) in [7, 11) is 2.04. The number of fused-ring (bicyclic) bond motifs is 1. The average Bonchev–Trinajstić information content (AvgIpc) is 2.62. The van der Waals surface area contributed by atoms with Gasteiger partial charge in [0.15, 0.2) is 0 Å². The Kier molecular flexibility index (Phi) is 4.04. The lowest BCUT2D eigenvalue weighted by atomic mass is 9.88. The van der Waals surface area contributed by atoms with E-state index in [2.05, 4.69) is 68.3 Å². The number of nitriles is 1. The van der Waals surface area contributed by atoms with Gasteiger partial charge in [0, 0.05) is 13.2 Å². The van der Waals surface area contributed by atoms with Crippen LogP contribution in [0.5, 0.6) is 0 Å². The molecule has 2 heterocycles. The number of hydrogen-bond acceptors (Lipinski definition) is 3. The van der Waals surface area contributed by atoms with Crippen molar-refractivity contribution in [3.05, 3.63) is 23.3 Å². The quantitative estimate of drug-likeness (QED) is 0.841. The van der Waals surface area contributed by atoms with Crippen molar-refractivity contribution in [3.63, 3.8) is 0 Å². The summed E-state index contributed by atoms with van der Waals surface area (Å²) in [4.78, 5) is 8.98. The van der Waals surface area contributed by atoms with Gasteiger partial charge in [-0.1, -0.05) is 41.5 Å². The molecule has 0 aliphatic carbocycles. The van der Waals surface area contributed by atoms with Gasteiger partial charge in [-0.05, 0) is 29.2 Å². The molecule has 0 N–H and O–H groups in total. The monoisotopic (exact) mass is 298 g/mol. The number of hydrogen-bond donors (Lipinski definition) is 0. The molecule has 0 bridgehead atoms. The largest absolute Gasteiger partial charge is 0.347 e. The Morgan fingerprint density at radius 1 is 1.05 bits per heavy atom. The number of nitrogens with zero attached hydrogens (tertiary/aromatic N) is 4. The van der Waals surface area contributed by atoms with Crippen LogP contribution in [0.3, 0.4) is 0 Å². The highest BCUT2D eigenvalue weighted by Crippen LogP contribution is 2.30. The molecule has 0 saturated carbocycles. The molecule has 2 aromatic rings. The Balaban J connectivity index is 2.69. The van der Waals surface area contributed by atoms with E-state index in [4.69, 9.17) is 0 Å². The van der Waals surface area contributed by atoms with Gasteiger partial charge in [-0.15, -0.1) is 0 Å². The highest BCUT2D eigenvalue weighted by molar-refractivity contribution is 5.82. The third kappa shape index (κ3) is 3.65. The Bertz CT molecular complexity index is 733. The Morgan fingerprint density at radius 2 is 1.64 bits per heavy atom. The minimum Gasteiger partial charge on any atom is -0.347 e. The minimum absolute atomic E-state index is 0.114. The maximum Gasteiger partial charge on any atom is 0.233 e. The van der Waals surface area contributed by atoms with Crippen LogP contribution in [0.1, 0.15) is 58.6 Å². The van der Waals surface area contributed by atoms with Gasteiger partial charge in [-0.2, -0.15) is 5.26 Å². The molecule has 4 heteroatoms. The molecule has 0 saturated heterocycles. The zero-order chi connectivity index (χ0) is 16.7. The molecule has 0 fully saturated rings. The Hall–Kier alpha value is -1.89. The molecule has 0 aliphatic rings. The van der Waals surface area contributed by atoms with Crippen LogP contribution in [0, 0.1) is 22.2 Å². The van der Waals surface area contributed by atoms with E-state index < -0.39 is 0 Å². The first-order valence-corrected chi connectivity index (χ1v) is 7.75. The molecule has 0 radical (unpaired) electrons. The van der Waals surface area contributed by atoms with E-state index in [-0.39, 0.29) is 16.7 Å². The number of rotatable bonds is 2. The zero-order valence-corrected chi connectivity index (χ0v) is 14.8. The van der Waals surface area contributed by atoms with Crippen LogP contribution in [0.15, 0.2) is 6.20 Å². The van der Waals surface area contributed by atoms with E-state index in [1.165, 1.54) is 5.56 Å². The standard InChI is InChI=1S/C18H26N4/c1-17(2,3)8-12-11-22(7)16-13(9-18(4,5)6)20-14(10-19)21-15(12)16/h11H,8-9H2,1-7H3. The topological polar surface area (TPSA) is 54.5 Å². The van der Waals surface area contributed by atoms with Gasteiger partial charge < -0.3 is 4.57 Å². The second-order valence-corrected chi connectivity index (χ2v) is 8.54. The number of aryl methyl sites for hydroxylation is 1. The molecular weight excluding hydrogens is 272 g/mol. The molecular formula is C18H26N4. The van der Waals surface area contributed by atoms with Crippen LogP contribution in [-0.4, -0.2) is 14.5 Å².